The van der Waals surface area contributed by atoms with Gasteiger partial charge < -0.3 is 9.64 Å². The average molecular weight is 270 g/mol. The van der Waals surface area contributed by atoms with Gasteiger partial charge in [0.25, 0.3) is 0 Å². The first-order chi connectivity index (χ1) is 8.99. The van der Waals surface area contributed by atoms with Crippen molar-refractivity contribution in [1.29, 1.82) is 0 Å². The maximum absolute atomic E-state index is 12.2. The van der Waals surface area contributed by atoms with Gasteiger partial charge in [-0.25, -0.2) is 0 Å². The van der Waals surface area contributed by atoms with E-state index in [-0.39, 0.29) is 24.5 Å². The van der Waals surface area contributed by atoms with E-state index in [1.807, 2.05) is 30.6 Å². The molecule has 0 aromatic rings. The lowest BCUT2D eigenvalue weighted by Gasteiger charge is -2.28. The Balaban J connectivity index is 2.52. The van der Waals surface area contributed by atoms with E-state index < -0.39 is 0 Å². The van der Waals surface area contributed by atoms with E-state index in [0.717, 1.165) is 19.4 Å². The van der Waals surface area contributed by atoms with E-state index in [1.54, 1.807) is 6.92 Å². The Labute approximate surface area is 115 Å². The summed E-state index contributed by atoms with van der Waals surface area (Å²) in [5.74, 6) is -0.151. The Morgan fingerprint density at radius 1 is 1.21 bits per heavy atom. The normalized spacial score (nSPS) is 14.8. The molecule has 0 unspecified atom stereocenters. The molecule has 0 aromatic carbocycles. The van der Waals surface area contributed by atoms with Crippen molar-refractivity contribution < 1.29 is 14.3 Å². The summed E-state index contributed by atoms with van der Waals surface area (Å²) in [6, 6.07) is 0.570. The molecular formula is C14H26N2O3. The molecule has 1 aliphatic rings. The Bertz CT molecular complexity index is 314. The Morgan fingerprint density at radius 3 is 2.26 bits per heavy atom. The third kappa shape index (κ3) is 5.19. The molecule has 0 aromatic heterocycles. The number of hydrogen-bond acceptors (Lipinski definition) is 4. The van der Waals surface area contributed by atoms with Crippen molar-refractivity contribution >= 4 is 11.9 Å². The van der Waals surface area contributed by atoms with Crippen LogP contribution in [0.4, 0.5) is 0 Å². The van der Waals surface area contributed by atoms with Crippen molar-refractivity contribution in [3.63, 3.8) is 0 Å². The van der Waals surface area contributed by atoms with E-state index in [0.29, 0.717) is 19.2 Å². The van der Waals surface area contributed by atoms with Crippen LogP contribution < -0.4 is 0 Å². The highest BCUT2D eigenvalue weighted by Gasteiger charge is 2.32. The van der Waals surface area contributed by atoms with Gasteiger partial charge in [-0.05, 0) is 40.5 Å². The van der Waals surface area contributed by atoms with Crippen LogP contribution in [0.25, 0.3) is 0 Å². The lowest BCUT2D eigenvalue weighted by atomic mass is 10.3. The SMILES string of the molecule is CCOC(=O)CN(CC(=O)N(CC)C1CC1)C(C)C. The summed E-state index contributed by atoms with van der Waals surface area (Å²) in [5, 5.41) is 0. The lowest BCUT2D eigenvalue weighted by Crippen LogP contribution is -2.45. The monoisotopic (exact) mass is 270 g/mol. The minimum absolute atomic E-state index is 0.114. The largest absolute Gasteiger partial charge is 0.465 e. The number of nitrogens with zero attached hydrogens (tertiary/aromatic N) is 2. The molecule has 0 bridgehead atoms. The molecule has 1 aliphatic carbocycles. The minimum Gasteiger partial charge on any atom is -0.465 e. The van der Waals surface area contributed by atoms with Crippen LogP contribution in [0.2, 0.25) is 0 Å². The summed E-state index contributed by atoms with van der Waals surface area (Å²) in [6.45, 7) is 9.35. The topological polar surface area (TPSA) is 49.9 Å². The summed E-state index contributed by atoms with van der Waals surface area (Å²) in [7, 11) is 0. The van der Waals surface area contributed by atoms with Gasteiger partial charge in [0, 0.05) is 18.6 Å². The number of carbonyl (C=O) groups excluding carboxylic acids is 2. The molecule has 0 atom stereocenters. The van der Waals surface area contributed by atoms with E-state index in [4.69, 9.17) is 4.74 Å². The molecule has 1 saturated carbocycles. The second-order valence-electron chi connectivity index (χ2n) is 5.21. The Kier molecular flexibility index (Phi) is 6.28. The number of amides is 1. The van der Waals surface area contributed by atoms with E-state index in [2.05, 4.69) is 0 Å². The van der Waals surface area contributed by atoms with E-state index >= 15 is 0 Å². The third-order valence-corrected chi connectivity index (χ3v) is 3.35. The maximum atomic E-state index is 12.2. The van der Waals surface area contributed by atoms with Gasteiger partial charge in [0.2, 0.25) is 5.91 Å². The number of ether oxygens (including phenoxy) is 1. The lowest BCUT2D eigenvalue weighted by molar-refractivity contribution is -0.145. The maximum Gasteiger partial charge on any atom is 0.320 e. The fraction of sp³-hybridized carbons (Fsp3) is 0.857. The van der Waals surface area contributed by atoms with Crippen LogP contribution in [0.5, 0.6) is 0 Å². The van der Waals surface area contributed by atoms with E-state index in [9.17, 15) is 9.59 Å². The molecule has 0 radical (unpaired) electrons. The van der Waals surface area contributed by atoms with Gasteiger partial charge in [-0.3, -0.25) is 14.5 Å². The molecule has 1 rings (SSSR count). The first-order valence-corrected chi connectivity index (χ1v) is 7.18. The first kappa shape index (κ1) is 16.0. The molecule has 0 heterocycles. The molecule has 0 spiro atoms. The number of hydrogen-bond donors (Lipinski definition) is 0. The van der Waals surface area contributed by atoms with Gasteiger partial charge in [-0.15, -0.1) is 0 Å². The van der Waals surface area contributed by atoms with Crippen molar-refractivity contribution in [3.05, 3.63) is 0 Å². The first-order valence-electron chi connectivity index (χ1n) is 7.18. The minimum atomic E-state index is -0.265. The zero-order valence-electron chi connectivity index (χ0n) is 12.5. The average Bonchev–Trinajstić information content (AvgIpc) is 3.13. The van der Waals surface area contributed by atoms with Gasteiger partial charge in [0.05, 0.1) is 19.7 Å². The standard InChI is InChI=1S/C14H26N2O3/c1-5-16(12-7-8-12)13(17)9-15(11(3)4)10-14(18)19-6-2/h11-12H,5-10H2,1-4H3. The van der Waals surface area contributed by atoms with Gasteiger partial charge in [0.1, 0.15) is 0 Å². The van der Waals surface area contributed by atoms with Crippen molar-refractivity contribution in [1.82, 2.24) is 9.80 Å². The quantitative estimate of drug-likeness (QED) is 0.623. The molecule has 5 nitrogen and oxygen atoms in total. The summed E-state index contributed by atoms with van der Waals surface area (Å²) in [5.41, 5.74) is 0. The van der Waals surface area contributed by atoms with Gasteiger partial charge >= 0.3 is 5.97 Å². The molecule has 0 saturated heterocycles. The summed E-state index contributed by atoms with van der Waals surface area (Å²) >= 11 is 0. The number of carbonyl (C=O) groups is 2. The van der Waals surface area contributed by atoms with Crippen LogP contribution in [0.3, 0.4) is 0 Å². The van der Waals surface area contributed by atoms with Crippen molar-refractivity contribution in [2.75, 3.05) is 26.2 Å². The highest BCUT2D eigenvalue weighted by molar-refractivity contribution is 5.80. The fourth-order valence-electron chi connectivity index (χ4n) is 2.08. The Morgan fingerprint density at radius 2 is 1.84 bits per heavy atom. The molecule has 5 heteroatoms. The zero-order valence-corrected chi connectivity index (χ0v) is 12.5. The van der Waals surface area contributed by atoms with Crippen molar-refractivity contribution in [2.45, 2.75) is 52.6 Å². The molecule has 0 aliphatic heterocycles. The van der Waals surface area contributed by atoms with Crippen LogP contribution in [0.1, 0.15) is 40.5 Å². The van der Waals surface area contributed by atoms with Crippen LogP contribution in [-0.2, 0) is 14.3 Å². The number of likely N-dealkylation sites (N-methyl/N-ethyl adjacent to an activating group) is 1. The van der Waals surface area contributed by atoms with Gasteiger partial charge in [-0.2, -0.15) is 0 Å². The van der Waals surface area contributed by atoms with E-state index in [1.165, 1.54) is 0 Å². The van der Waals surface area contributed by atoms with Crippen molar-refractivity contribution in [3.8, 4) is 0 Å². The highest BCUT2D eigenvalue weighted by atomic mass is 16.5. The highest BCUT2D eigenvalue weighted by Crippen LogP contribution is 2.26. The predicted molar refractivity (Wildman–Crippen MR) is 73.8 cm³/mol. The molecule has 110 valence electrons. The Hall–Kier alpha value is -1.10. The van der Waals surface area contributed by atoms with Crippen LogP contribution in [0, 0.1) is 0 Å². The molecule has 19 heavy (non-hydrogen) atoms. The second kappa shape index (κ2) is 7.48. The fourth-order valence-corrected chi connectivity index (χ4v) is 2.08. The number of rotatable bonds is 8. The predicted octanol–water partition coefficient (Wildman–Crippen LogP) is 1.27. The van der Waals surface area contributed by atoms with Crippen LogP contribution >= 0.6 is 0 Å². The van der Waals surface area contributed by atoms with Crippen LogP contribution in [0.15, 0.2) is 0 Å². The zero-order chi connectivity index (χ0) is 14.4. The van der Waals surface area contributed by atoms with Crippen molar-refractivity contribution in [2.24, 2.45) is 0 Å². The smallest absolute Gasteiger partial charge is 0.320 e. The summed E-state index contributed by atoms with van der Waals surface area (Å²) in [6.07, 6.45) is 2.22. The third-order valence-electron chi connectivity index (χ3n) is 3.35. The molecule has 1 amide bonds. The van der Waals surface area contributed by atoms with Crippen LogP contribution in [-0.4, -0.2) is 60.0 Å². The van der Waals surface area contributed by atoms with Gasteiger partial charge in [-0.1, -0.05) is 0 Å². The second-order valence-corrected chi connectivity index (χ2v) is 5.21. The molecule has 0 N–H and O–H groups in total. The molecular weight excluding hydrogens is 244 g/mol. The van der Waals surface area contributed by atoms with Gasteiger partial charge in [0.15, 0.2) is 0 Å². The molecule has 1 fully saturated rings. The summed E-state index contributed by atoms with van der Waals surface area (Å²) < 4.78 is 4.95. The number of esters is 1. The summed E-state index contributed by atoms with van der Waals surface area (Å²) in [4.78, 5) is 27.6.